The Morgan fingerprint density at radius 2 is 1.96 bits per heavy atom. The van der Waals surface area contributed by atoms with Crippen LogP contribution in [0.5, 0.6) is 11.5 Å². The molecule has 0 spiro atoms. The van der Waals surface area contributed by atoms with Gasteiger partial charge in [0.25, 0.3) is 0 Å². The zero-order valence-electron chi connectivity index (χ0n) is 12.7. The van der Waals surface area contributed by atoms with Crippen LogP contribution in [0.3, 0.4) is 0 Å². The van der Waals surface area contributed by atoms with Crippen molar-refractivity contribution in [1.29, 1.82) is 0 Å². The van der Waals surface area contributed by atoms with Crippen molar-refractivity contribution in [2.75, 3.05) is 0 Å². The lowest BCUT2D eigenvalue weighted by Crippen LogP contribution is -2.34. The van der Waals surface area contributed by atoms with Gasteiger partial charge in [-0.1, -0.05) is 47.5 Å². The van der Waals surface area contributed by atoms with Crippen molar-refractivity contribution in [3.63, 3.8) is 0 Å². The van der Waals surface area contributed by atoms with Gasteiger partial charge in [0.1, 0.15) is 5.60 Å². The summed E-state index contributed by atoms with van der Waals surface area (Å²) in [6.07, 6.45) is 3.92. The largest absolute Gasteiger partial charge is 0.478 e. The SMILES string of the molecule is C=C(C)C(=O)Oc1cc(Cl)ccc1O[C@@]1(C)CC=C(Cl)C=C1Cl. The summed E-state index contributed by atoms with van der Waals surface area (Å²) < 4.78 is 11.3. The predicted octanol–water partition coefficient (Wildman–Crippen LogP) is 5.61. The van der Waals surface area contributed by atoms with Crippen molar-refractivity contribution in [3.05, 3.63) is 57.6 Å². The van der Waals surface area contributed by atoms with E-state index >= 15 is 0 Å². The normalized spacial score (nSPS) is 20.4. The molecule has 0 amide bonds. The molecule has 0 bridgehead atoms. The smallest absolute Gasteiger partial charge is 0.338 e. The molecule has 23 heavy (non-hydrogen) atoms. The summed E-state index contributed by atoms with van der Waals surface area (Å²) in [6, 6.07) is 4.77. The van der Waals surface area contributed by atoms with Crippen LogP contribution in [-0.2, 0) is 4.79 Å². The number of allylic oxidation sites excluding steroid dienone is 2. The molecule has 1 aromatic rings. The third-order valence-corrected chi connectivity index (χ3v) is 4.26. The lowest BCUT2D eigenvalue weighted by molar-refractivity contribution is -0.130. The van der Waals surface area contributed by atoms with E-state index in [1.54, 1.807) is 25.1 Å². The van der Waals surface area contributed by atoms with Crippen LogP contribution in [0.2, 0.25) is 5.02 Å². The van der Waals surface area contributed by atoms with Crippen molar-refractivity contribution in [2.45, 2.75) is 25.9 Å². The van der Waals surface area contributed by atoms with E-state index in [0.29, 0.717) is 27.3 Å². The fraction of sp³-hybridized carbons (Fsp3) is 0.235. The molecule has 0 aromatic heterocycles. The maximum atomic E-state index is 11.8. The molecule has 0 heterocycles. The molecule has 1 atom stereocenters. The van der Waals surface area contributed by atoms with E-state index in [4.69, 9.17) is 44.3 Å². The van der Waals surface area contributed by atoms with Crippen molar-refractivity contribution >= 4 is 40.8 Å². The molecular formula is C17H15Cl3O3. The Hall–Kier alpha value is -1.42. The monoisotopic (exact) mass is 372 g/mol. The molecule has 6 heteroatoms. The molecule has 0 radical (unpaired) electrons. The highest BCUT2D eigenvalue weighted by atomic mass is 35.5. The number of carbonyl (C=O) groups excluding carboxylic acids is 1. The fourth-order valence-corrected chi connectivity index (χ4v) is 2.53. The Morgan fingerprint density at radius 3 is 2.57 bits per heavy atom. The van der Waals surface area contributed by atoms with Crippen molar-refractivity contribution in [1.82, 2.24) is 0 Å². The number of halogens is 3. The topological polar surface area (TPSA) is 35.5 Å². The molecule has 1 aliphatic rings. The Labute approximate surface area is 150 Å². The summed E-state index contributed by atoms with van der Waals surface area (Å²) in [5.41, 5.74) is -0.537. The first-order chi connectivity index (χ1) is 10.7. The van der Waals surface area contributed by atoms with Gasteiger partial charge < -0.3 is 9.47 Å². The highest BCUT2D eigenvalue weighted by Crippen LogP contribution is 2.40. The van der Waals surface area contributed by atoms with E-state index in [1.807, 2.05) is 13.0 Å². The van der Waals surface area contributed by atoms with Gasteiger partial charge in [0.05, 0.1) is 5.03 Å². The van der Waals surface area contributed by atoms with E-state index < -0.39 is 11.6 Å². The molecule has 1 aromatic carbocycles. The lowest BCUT2D eigenvalue weighted by atomic mass is 9.97. The van der Waals surface area contributed by atoms with Gasteiger partial charge in [-0.2, -0.15) is 0 Å². The van der Waals surface area contributed by atoms with Crippen LogP contribution in [0.15, 0.2) is 52.6 Å². The molecule has 1 aliphatic carbocycles. The minimum absolute atomic E-state index is 0.205. The van der Waals surface area contributed by atoms with Crippen LogP contribution >= 0.6 is 34.8 Å². The summed E-state index contributed by atoms with van der Waals surface area (Å²) in [5, 5.41) is 1.43. The van der Waals surface area contributed by atoms with Crippen molar-refractivity contribution < 1.29 is 14.3 Å². The third kappa shape index (κ3) is 4.31. The Kier molecular flexibility index (Phi) is 5.45. The van der Waals surface area contributed by atoms with Crippen LogP contribution in [0.4, 0.5) is 0 Å². The molecule has 0 aliphatic heterocycles. The molecule has 0 unspecified atom stereocenters. The quantitative estimate of drug-likeness (QED) is 0.391. The average Bonchev–Trinajstić information content (AvgIpc) is 2.46. The van der Waals surface area contributed by atoms with E-state index in [-0.39, 0.29) is 11.3 Å². The first kappa shape index (κ1) is 17.9. The zero-order valence-corrected chi connectivity index (χ0v) is 14.9. The maximum absolute atomic E-state index is 11.8. The Morgan fingerprint density at radius 1 is 1.26 bits per heavy atom. The molecule has 0 saturated carbocycles. The second-order valence-corrected chi connectivity index (χ2v) is 6.66. The molecule has 0 N–H and O–H groups in total. The van der Waals surface area contributed by atoms with Gasteiger partial charge in [-0.3, -0.25) is 0 Å². The van der Waals surface area contributed by atoms with Crippen molar-refractivity contribution in [3.8, 4) is 11.5 Å². The summed E-state index contributed by atoms with van der Waals surface area (Å²) in [5.74, 6) is -0.00296. The van der Waals surface area contributed by atoms with Crippen LogP contribution in [0.25, 0.3) is 0 Å². The molecule has 3 nitrogen and oxygen atoms in total. The standard InChI is InChI=1S/C17H15Cl3O3/c1-10(2)16(21)22-14-8-11(18)4-5-13(14)23-17(3)7-6-12(19)9-15(17)20/h4-6,8-9H,1,7H2,2-3H3/t17-/m0/s1. The lowest BCUT2D eigenvalue weighted by Gasteiger charge is -2.32. The number of hydrogen-bond acceptors (Lipinski definition) is 3. The summed E-state index contributed by atoms with van der Waals surface area (Å²) >= 11 is 18.2. The summed E-state index contributed by atoms with van der Waals surface area (Å²) in [7, 11) is 0. The fourth-order valence-electron chi connectivity index (χ4n) is 1.89. The molecular weight excluding hydrogens is 359 g/mol. The Balaban J connectivity index is 2.31. The zero-order chi connectivity index (χ0) is 17.2. The molecule has 122 valence electrons. The molecule has 0 saturated heterocycles. The highest BCUT2D eigenvalue weighted by Gasteiger charge is 2.33. The minimum Gasteiger partial charge on any atom is -0.478 e. The number of carbonyl (C=O) groups is 1. The minimum atomic E-state index is -0.807. The van der Waals surface area contributed by atoms with E-state index in [2.05, 4.69) is 6.58 Å². The maximum Gasteiger partial charge on any atom is 0.338 e. The number of ether oxygens (including phenoxy) is 2. The van der Waals surface area contributed by atoms with Crippen LogP contribution in [0.1, 0.15) is 20.3 Å². The Bertz CT molecular complexity index is 722. The molecule has 2 rings (SSSR count). The number of benzene rings is 1. The third-order valence-electron chi connectivity index (χ3n) is 3.25. The number of esters is 1. The van der Waals surface area contributed by atoms with Crippen LogP contribution in [0, 0.1) is 0 Å². The van der Waals surface area contributed by atoms with E-state index in [9.17, 15) is 4.79 Å². The van der Waals surface area contributed by atoms with Gasteiger partial charge in [-0.05, 0) is 32.1 Å². The van der Waals surface area contributed by atoms with Crippen LogP contribution < -0.4 is 9.47 Å². The van der Waals surface area contributed by atoms with E-state index in [0.717, 1.165) is 0 Å². The average molecular weight is 374 g/mol. The first-order valence-corrected chi connectivity index (χ1v) is 7.94. The number of rotatable bonds is 4. The van der Waals surface area contributed by atoms with Gasteiger partial charge in [0.15, 0.2) is 11.5 Å². The van der Waals surface area contributed by atoms with Crippen LogP contribution in [-0.4, -0.2) is 11.6 Å². The van der Waals surface area contributed by atoms with Gasteiger partial charge >= 0.3 is 5.97 Å². The summed E-state index contributed by atoms with van der Waals surface area (Å²) in [6.45, 7) is 6.93. The van der Waals surface area contributed by atoms with E-state index in [1.165, 1.54) is 6.07 Å². The second-order valence-electron chi connectivity index (χ2n) is 5.38. The summed E-state index contributed by atoms with van der Waals surface area (Å²) in [4.78, 5) is 11.8. The van der Waals surface area contributed by atoms with Crippen molar-refractivity contribution in [2.24, 2.45) is 0 Å². The first-order valence-electron chi connectivity index (χ1n) is 6.81. The number of hydrogen-bond donors (Lipinski definition) is 0. The highest BCUT2D eigenvalue weighted by molar-refractivity contribution is 6.35. The van der Waals surface area contributed by atoms with Gasteiger partial charge in [-0.25, -0.2) is 4.79 Å². The van der Waals surface area contributed by atoms with Gasteiger partial charge in [0.2, 0.25) is 0 Å². The molecule has 0 fully saturated rings. The second kappa shape index (κ2) is 7.00. The predicted molar refractivity (Wildman–Crippen MR) is 93.4 cm³/mol. The van der Waals surface area contributed by atoms with Gasteiger partial charge in [-0.15, -0.1) is 0 Å². The van der Waals surface area contributed by atoms with Gasteiger partial charge in [0, 0.05) is 28.1 Å².